The average molecular weight is 738 g/mol. The second-order valence-corrected chi connectivity index (χ2v) is 14.7. The van der Waals surface area contributed by atoms with E-state index in [0.29, 0.717) is 17.5 Å². The quantitative estimate of drug-likeness (QED) is 0.160. The Labute approximate surface area is 336 Å². The van der Waals surface area contributed by atoms with Crippen LogP contribution in [0, 0.1) is 0 Å². The van der Waals surface area contributed by atoms with Crippen molar-refractivity contribution in [2.45, 2.75) is 0 Å². The van der Waals surface area contributed by atoms with Gasteiger partial charge in [-0.2, -0.15) is 0 Å². The van der Waals surface area contributed by atoms with Crippen LogP contribution in [0.4, 0.5) is 0 Å². The van der Waals surface area contributed by atoms with Crippen molar-refractivity contribution in [3.8, 4) is 67.5 Å². The van der Waals surface area contributed by atoms with E-state index in [4.69, 9.17) is 15.0 Å². The Hall–Kier alpha value is -7.75. The summed E-state index contributed by atoms with van der Waals surface area (Å²) in [4.78, 5) is 15.8. The lowest BCUT2D eigenvalue weighted by molar-refractivity contribution is 1.08. The maximum atomic E-state index is 5.37. The van der Waals surface area contributed by atoms with Crippen LogP contribution in [-0.4, -0.2) is 15.0 Å². The molecule has 0 fully saturated rings. The molecule has 0 saturated heterocycles. The lowest BCUT2D eigenvalue weighted by Crippen LogP contribution is -2.02. The predicted octanol–water partition coefficient (Wildman–Crippen LogP) is 14.5. The van der Waals surface area contributed by atoms with Crippen molar-refractivity contribution in [2.24, 2.45) is 0 Å². The minimum Gasteiger partial charge on any atom is -0.208 e. The van der Waals surface area contributed by atoms with Crippen molar-refractivity contribution < 1.29 is 0 Å². The first kappa shape index (κ1) is 33.6. The van der Waals surface area contributed by atoms with Gasteiger partial charge in [-0.05, 0) is 83.0 Å². The molecule has 0 aliphatic heterocycles. The third-order valence-electron chi connectivity index (χ3n) is 11.3. The van der Waals surface area contributed by atoms with Gasteiger partial charge in [0.2, 0.25) is 0 Å². The van der Waals surface area contributed by atoms with Crippen LogP contribution in [0.1, 0.15) is 0 Å². The van der Waals surface area contributed by atoms with E-state index in [1.165, 1.54) is 49.2 Å². The van der Waals surface area contributed by atoms with Crippen molar-refractivity contribution in [3.63, 3.8) is 0 Å². The fourth-order valence-electron chi connectivity index (χ4n) is 8.75. The van der Waals surface area contributed by atoms with E-state index in [0.717, 1.165) is 44.0 Å². The van der Waals surface area contributed by atoms with Gasteiger partial charge in [-0.25, -0.2) is 15.0 Å². The Morgan fingerprint density at radius 3 is 1.17 bits per heavy atom. The molecule has 270 valence electrons. The number of benzene rings is 10. The molecular weight excluding hydrogens is 703 g/mol. The molecular formula is C55H35N3. The number of rotatable bonds is 6. The molecule has 0 saturated carbocycles. The Balaban J connectivity index is 1.17. The minimum atomic E-state index is 0.632. The van der Waals surface area contributed by atoms with E-state index in [2.05, 4.69) is 194 Å². The van der Waals surface area contributed by atoms with Gasteiger partial charge in [-0.1, -0.05) is 200 Å². The first-order valence-corrected chi connectivity index (χ1v) is 19.7. The van der Waals surface area contributed by atoms with Crippen molar-refractivity contribution in [2.75, 3.05) is 0 Å². The minimum absolute atomic E-state index is 0.632. The van der Waals surface area contributed by atoms with Gasteiger partial charge in [-0.15, -0.1) is 0 Å². The number of fused-ring (bicyclic) bond motifs is 4. The standard InChI is InChI=1S/C55H35N3/c1-4-19-37(20-5-1)50-40-25-11-10-18-36(40)32-33-49(50)55-57-53(39-23-8-3-9-24-39)56-54(58-55)48-35-34-47(41-26-12-13-27-42(41)48)52-45-30-16-14-28-43(45)51(38-21-6-2-7-22-38)44-29-15-17-31-46(44)52/h1-35H. The third-order valence-corrected chi connectivity index (χ3v) is 11.3. The van der Waals surface area contributed by atoms with Gasteiger partial charge in [-0.3, -0.25) is 0 Å². The number of hydrogen-bond acceptors (Lipinski definition) is 3. The van der Waals surface area contributed by atoms with Crippen LogP contribution in [-0.2, 0) is 0 Å². The van der Waals surface area contributed by atoms with Gasteiger partial charge in [0.25, 0.3) is 0 Å². The van der Waals surface area contributed by atoms with Gasteiger partial charge in [0, 0.05) is 22.3 Å². The summed E-state index contributed by atoms with van der Waals surface area (Å²) < 4.78 is 0. The van der Waals surface area contributed by atoms with Crippen LogP contribution >= 0.6 is 0 Å². The highest BCUT2D eigenvalue weighted by molar-refractivity contribution is 6.24. The summed E-state index contributed by atoms with van der Waals surface area (Å²) in [5, 5.41) is 9.44. The van der Waals surface area contributed by atoms with E-state index in [9.17, 15) is 0 Å². The van der Waals surface area contributed by atoms with E-state index in [-0.39, 0.29) is 0 Å². The molecule has 0 atom stereocenters. The molecule has 11 aromatic rings. The average Bonchev–Trinajstić information content (AvgIpc) is 3.31. The van der Waals surface area contributed by atoms with Crippen molar-refractivity contribution >= 4 is 43.1 Å². The van der Waals surface area contributed by atoms with Crippen molar-refractivity contribution in [1.82, 2.24) is 15.0 Å². The van der Waals surface area contributed by atoms with Crippen molar-refractivity contribution in [1.29, 1.82) is 0 Å². The Morgan fingerprint density at radius 2 is 0.586 bits per heavy atom. The highest BCUT2D eigenvalue weighted by Crippen LogP contribution is 2.46. The molecule has 0 unspecified atom stereocenters. The molecule has 0 aliphatic carbocycles. The molecule has 0 N–H and O–H groups in total. The molecule has 0 amide bonds. The number of nitrogens with zero attached hydrogens (tertiary/aromatic N) is 3. The summed E-state index contributed by atoms with van der Waals surface area (Å²) in [6.07, 6.45) is 0. The molecule has 58 heavy (non-hydrogen) atoms. The monoisotopic (exact) mass is 737 g/mol. The Kier molecular flexibility index (Phi) is 8.15. The van der Waals surface area contributed by atoms with E-state index < -0.39 is 0 Å². The summed E-state index contributed by atoms with van der Waals surface area (Å²) in [7, 11) is 0. The molecule has 1 aromatic heterocycles. The molecule has 1 heterocycles. The summed E-state index contributed by atoms with van der Waals surface area (Å²) in [5.41, 5.74) is 9.93. The summed E-state index contributed by atoms with van der Waals surface area (Å²) in [6.45, 7) is 0. The molecule has 10 aromatic carbocycles. The maximum Gasteiger partial charge on any atom is 0.164 e. The van der Waals surface area contributed by atoms with E-state index in [1.807, 2.05) is 18.2 Å². The second-order valence-electron chi connectivity index (χ2n) is 14.7. The zero-order valence-corrected chi connectivity index (χ0v) is 31.5. The van der Waals surface area contributed by atoms with Crippen LogP contribution in [0.25, 0.3) is 111 Å². The zero-order valence-electron chi connectivity index (χ0n) is 31.5. The normalized spacial score (nSPS) is 11.4. The molecule has 0 aliphatic rings. The van der Waals surface area contributed by atoms with Crippen LogP contribution in [0.2, 0.25) is 0 Å². The van der Waals surface area contributed by atoms with Gasteiger partial charge >= 0.3 is 0 Å². The van der Waals surface area contributed by atoms with Crippen LogP contribution in [0.3, 0.4) is 0 Å². The van der Waals surface area contributed by atoms with Gasteiger partial charge in [0.05, 0.1) is 0 Å². The SMILES string of the molecule is c1ccc(-c2nc(-c3ccc4ccccc4c3-c3ccccc3)nc(-c3ccc(-c4c5ccccc5c(-c5ccccc5)c5ccccc45)c4ccccc34)n2)cc1. The summed E-state index contributed by atoms with van der Waals surface area (Å²) >= 11 is 0. The maximum absolute atomic E-state index is 5.37. The zero-order chi connectivity index (χ0) is 38.4. The van der Waals surface area contributed by atoms with E-state index in [1.54, 1.807) is 0 Å². The molecule has 0 radical (unpaired) electrons. The molecule has 3 nitrogen and oxygen atoms in total. The first-order chi connectivity index (χ1) is 28.8. The van der Waals surface area contributed by atoms with Gasteiger partial charge < -0.3 is 0 Å². The lowest BCUT2D eigenvalue weighted by Gasteiger charge is -2.19. The first-order valence-electron chi connectivity index (χ1n) is 19.7. The number of aromatic nitrogens is 3. The molecule has 0 bridgehead atoms. The Morgan fingerprint density at radius 1 is 0.207 bits per heavy atom. The fourth-order valence-corrected chi connectivity index (χ4v) is 8.75. The predicted molar refractivity (Wildman–Crippen MR) is 242 cm³/mol. The number of hydrogen-bond donors (Lipinski definition) is 0. The smallest absolute Gasteiger partial charge is 0.164 e. The lowest BCUT2D eigenvalue weighted by atomic mass is 9.84. The molecule has 11 rings (SSSR count). The van der Waals surface area contributed by atoms with Gasteiger partial charge in [0.15, 0.2) is 17.5 Å². The van der Waals surface area contributed by atoms with Crippen molar-refractivity contribution in [3.05, 3.63) is 212 Å². The van der Waals surface area contributed by atoms with Crippen LogP contribution in [0.5, 0.6) is 0 Å². The van der Waals surface area contributed by atoms with Crippen LogP contribution in [0.15, 0.2) is 212 Å². The summed E-state index contributed by atoms with van der Waals surface area (Å²) in [6, 6.07) is 75.2. The highest BCUT2D eigenvalue weighted by Gasteiger charge is 2.22. The van der Waals surface area contributed by atoms with Gasteiger partial charge in [0.1, 0.15) is 0 Å². The Bertz CT molecular complexity index is 3260. The second kappa shape index (κ2) is 14.1. The fraction of sp³-hybridized carbons (Fsp3) is 0. The highest BCUT2D eigenvalue weighted by atomic mass is 15.0. The molecule has 3 heteroatoms. The van der Waals surface area contributed by atoms with Crippen LogP contribution < -0.4 is 0 Å². The summed E-state index contributed by atoms with van der Waals surface area (Å²) in [5.74, 6) is 1.90. The molecule has 0 spiro atoms. The largest absolute Gasteiger partial charge is 0.208 e. The third kappa shape index (κ3) is 5.64. The topological polar surface area (TPSA) is 38.7 Å². The van der Waals surface area contributed by atoms with E-state index >= 15 is 0 Å².